The molecule has 0 aromatic carbocycles. The van der Waals surface area contributed by atoms with Crippen molar-refractivity contribution >= 4 is 17.5 Å². The highest BCUT2D eigenvalue weighted by atomic mass is 32.2. The van der Waals surface area contributed by atoms with Gasteiger partial charge in [-0.2, -0.15) is 11.8 Å². The van der Waals surface area contributed by atoms with Crippen LogP contribution in [-0.4, -0.2) is 23.8 Å². The van der Waals surface area contributed by atoms with Gasteiger partial charge in [0.2, 0.25) is 0 Å². The topological polar surface area (TPSA) is 43.1 Å². The molecule has 1 fully saturated rings. The Kier molecular flexibility index (Phi) is 6.34. The van der Waals surface area contributed by atoms with Crippen molar-refractivity contribution in [1.82, 2.24) is 0 Å². The fourth-order valence-corrected chi connectivity index (χ4v) is 2.72. The van der Waals surface area contributed by atoms with Gasteiger partial charge in [-0.25, -0.2) is 0 Å². The Bertz CT molecular complexity index is 190. The van der Waals surface area contributed by atoms with Gasteiger partial charge < -0.3 is 5.73 Å². The number of hydrogen-bond donors (Lipinski definition) is 1. The lowest BCUT2D eigenvalue weighted by molar-refractivity contribution is -0.121. The zero-order valence-corrected chi connectivity index (χ0v) is 10.5. The average Bonchev–Trinajstić information content (AvgIpc) is 2.27. The summed E-state index contributed by atoms with van der Waals surface area (Å²) in [4.78, 5) is 11.8. The number of rotatable bonds is 6. The number of carbonyl (C=O) groups excluding carboxylic acids is 1. The van der Waals surface area contributed by atoms with Gasteiger partial charge in [0.15, 0.2) is 0 Å². The molecule has 0 aromatic heterocycles. The van der Waals surface area contributed by atoms with Crippen molar-refractivity contribution in [3.05, 3.63) is 0 Å². The van der Waals surface area contributed by atoms with Gasteiger partial charge in [-0.1, -0.05) is 32.1 Å². The molecule has 0 aromatic rings. The van der Waals surface area contributed by atoms with Crippen LogP contribution in [0.1, 0.15) is 44.9 Å². The Labute approximate surface area is 97.4 Å². The summed E-state index contributed by atoms with van der Waals surface area (Å²) in [7, 11) is 0. The Morgan fingerprint density at radius 2 is 2.07 bits per heavy atom. The second kappa shape index (κ2) is 7.29. The van der Waals surface area contributed by atoms with E-state index >= 15 is 0 Å². The van der Waals surface area contributed by atoms with Crippen molar-refractivity contribution in [3.8, 4) is 0 Å². The molecule has 0 saturated heterocycles. The molecule has 2 N–H and O–H groups in total. The van der Waals surface area contributed by atoms with Gasteiger partial charge in [0.25, 0.3) is 0 Å². The molecule has 0 aliphatic heterocycles. The van der Waals surface area contributed by atoms with Crippen LogP contribution in [0.15, 0.2) is 0 Å². The summed E-state index contributed by atoms with van der Waals surface area (Å²) in [6.45, 7) is 0. The average molecular weight is 229 g/mol. The van der Waals surface area contributed by atoms with E-state index in [2.05, 4.69) is 6.26 Å². The Balaban J connectivity index is 2.20. The molecule has 0 radical (unpaired) electrons. The largest absolute Gasteiger partial charge is 0.321 e. The smallest absolute Gasteiger partial charge is 0.149 e. The molecule has 2 nitrogen and oxygen atoms in total. The van der Waals surface area contributed by atoms with Crippen molar-refractivity contribution < 1.29 is 4.79 Å². The zero-order valence-electron chi connectivity index (χ0n) is 9.71. The summed E-state index contributed by atoms with van der Waals surface area (Å²) < 4.78 is 0. The van der Waals surface area contributed by atoms with E-state index in [0.29, 0.717) is 5.92 Å². The van der Waals surface area contributed by atoms with E-state index in [9.17, 15) is 4.79 Å². The predicted molar refractivity (Wildman–Crippen MR) is 67.2 cm³/mol. The summed E-state index contributed by atoms with van der Waals surface area (Å²) in [6.07, 6.45) is 10.1. The molecule has 3 heteroatoms. The molecular weight excluding hydrogens is 206 g/mol. The minimum atomic E-state index is -0.209. The molecule has 1 aliphatic carbocycles. The molecule has 0 bridgehead atoms. The zero-order chi connectivity index (χ0) is 11.1. The first-order valence-electron chi connectivity index (χ1n) is 6.01. The number of ketones is 1. The van der Waals surface area contributed by atoms with Crippen molar-refractivity contribution in [2.24, 2.45) is 11.7 Å². The molecule has 1 atom stereocenters. The van der Waals surface area contributed by atoms with Crippen LogP contribution in [0, 0.1) is 5.92 Å². The van der Waals surface area contributed by atoms with Crippen molar-refractivity contribution in [2.45, 2.75) is 51.0 Å². The molecule has 15 heavy (non-hydrogen) atoms. The third-order valence-electron chi connectivity index (χ3n) is 3.26. The lowest BCUT2D eigenvalue weighted by atomic mass is 9.84. The van der Waals surface area contributed by atoms with Crippen LogP contribution < -0.4 is 5.73 Å². The maximum absolute atomic E-state index is 11.8. The molecule has 88 valence electrons. The van der Waals surface area contributed by atoms with Gasteiger partial charge in [0.05, 0.1) is 6.04 Å². The number of thioether (sulfide) groups is 1. The van der Waals surface area contributed by atoms with Crippen molar-refractivity contribution in [1.29, 1.82) is 0 Å². The molecule has 1 saturated carbocycles. The number of Topliss-reactive ketones (excluding diaryl/α,β-unsaturated/α-hetero) is 1. The van der Waals surface area contributed by atoms with Crippen LogP contribution in [0.25, 0.3) is 0 Å². The van der Waals surface area contributed by atoms with E-state index in [-0.39, 0.29) is 11.8 Å². The van der Waals surface area contributed by atoms with Gasteiger partial charge in [-0.15, -0.1) is 0 Å². The highest BCUT2D eigenvalue weighted by Crippen LogP contribution is 2.26. The first-order valence-corrected chi connectivity index (χ1v) is 7.40. The summed E-state index contributed by atoms with van der Waals surface area (Å²) in [5.74, 6) is 1.92. The van der Waals surface area contributed by atoms with E-state index in [1.54, 1.807) is 11.8 Å². The lowest BCUT2D eigenvalue weighted by Gasteiger charge is -2.22. The molecule has 1 rings (SSSR count). The Morgan fingerprint density at radius 1 is 1.40 bits per heavy atom. The van der Waals surface area contributed by atoms with Gasteiger partial charge >= 0.3 is 0 Å². The number of carbonyl (C=O) groups is 1. The van der Waals surface area contributed by atoms with Crippen LogP contribution in [0.5, 0.6) is 0 Å². The third kappa shape index (κ3) is 5.03. The fourth-order valence-electron chi connectivity index (χ4n) is 2.23. The van der Waals surface area contributed by atoms with Crippen molar-refractivity contribution in [2.75, 3.05) is 12.0 Å². The summed E-state index contributed by atoms with van der Waals surface area (Å²) in [5.41, 5.74) is 5.86. The maximum atomic E-state index is 11.8. The van der Waals surface area contributed by atoms with E-state index in [1.807, 2.05) is 0 Å². The fraction of sp³-hybridized carbons (Fsp3) is 0.917. The Hall–Kier alpha value is -0.0200. The van der Waals surface area contributed by atoms with E-state index < -0.39 is 0 Å². The molecule has 0 heterocycles. The van der Waals surface area contributed by atoms with Gasteiger partial charge in [-0.3, -0.25) is 4.79 Å². The second-order valence-electron chi connectivity index (χ2n) is 4.56. The SMILES string of the molecule is CSCC[C@H](N)C(=O)CC1CCCCC1. The van der Waals surface area contributed by atoms with E-state index in [0.717, 1.165) is 18.6 Å². The summed E-state index contributed by atoms with van der Waals surface area (Å²) in [6, 6.07) is -0.209. The number of nitrogens with two attached hydrogens (primary N) is 1. The normalized spacial score (nSPS) is 20.1. The van der Waals surface area contributed by atoms with Gasteiger partial charge in [0.1, 0.15) is 5.78 Å². The first-order chi connectivity index (χ1) is 7.24. The third-order valence-corrected chi connectivity index (χ3v) is 3.91. The molecule has 1 aliphatic rings. The van der Waals surface area contributed by atoms with Crippen molar-refractivity contribution in [3.63, 3.8) is 0 Å². The van der Waals surface area contributed by atoms with Gasteiger partial charge in [-0.05, 0) is 24.3 Å². The quantitative estimate of drug-likeness (QED) is 0.761. The predicted octanol–water partition coefficient (Wildman–Crippen LogP) is 2.61. The Morgan fingerprint density at radius 3 is 2.67 bits per heavy atom. The minimum Gasteiger partial charge on any atom is -0.321 e. The minimum absolute atomic E-state index is 0.209. The standard InChI is InChI=1S/C12H23NOS/c1-15-8-7-11(13)12(14)9-10-5-3-2-4-6-10/h10-11H,2-9,13H2,1H3/t11-/m0/s1. The number of hydrogen-bond acceptors (Lipinski definition) is 3. The van der Waals surface area contributed by atoms with Crippen LogP contribution in [-0.2, 0) is 4.79 Å². The monoisotopic (exact) mass is 229 g/mol. The molecular formula is C12H23NOS. The second-order valence-corrected chi connectivity index (χ2v) is 5.55. The van der Waals surface area contributed by atoms with Crippen LogP contribution in [0.3, 0.4) is 0 Å². The summed E-state index contributed by atoms with van der Waals surface area (Å²) >= 11 is 1.76. The highest BCUT2D eigenvalue weighted by Gasteiger charge is 2.20. The molecule has 0 amide bonds. The van der Waals surface area contributed by atoms with Crippen LogP contribution >= 0.6 is 11.8 Å². The molecule has 0 spiro atoms. The first kappa shape index (κ1) is 13.0. The van der Waals surface area contributed by atoms with Gasteiger partial charge in [0, 0.05) is 6.42 Å². The summed E-state index contributed by atoms with van der Waals surface area (Å²) in [5, 5.41) is 0. The highest BCUT2D eigenvalue weighted by molar-refractivity contribution is 7.98. The maximum Gasteiger partial charge on any atom is 0.149 e. The van der Waals surface area contributed by atoms with Crippen LogP contribution in [0.2, 0.25) is 0 Å². The van der Waals surface area contributed by atoms with E-state index in [4.69, 9.17) is 5.73 Å². The van der Waals surface area contributed by atoms with Crippen LogP contribution in [0.4, 0.5) is 0 Å². The van der Waals surface area contributed by atoms with E-state index in [1.165, 1.54) is 32.1 Å². The molecule has 0 unspecified atom stereocenters. The lowest BCUT2D eigenvalue weighted by Crippen LogP contribution is -2.32.